The molecule has 0 nitrogen and oxygen atoms in total. The Labute approximate surface area is 65.1 Å². The number of halogens is 3. The molecule has 0 rings (SSSR count). The summed E-state index contributed by atoms with van der Waals surface area (Å²) in [5, 5.41) is 0.679. The SMILES string of the molecule is [CH2]C(F)C(I)CBr. The summed E-state index contributed by atoms with van der Waals surface area (Å²) < 4.78 is 12.0. The smallest absolute Gasteiger partial charge is 0.113 e. The molecule has 0 aromatic carbocycles. The zero-order valence-corrected chi connectivity index (χ0v) is 7.45. The third-order valence-electron chi connectivity index (χ3n) is 0.540. The van der Waals surface area contributed by atoms with Crippen LogP contribution < -0.4 is 0 Å². The minimum absolute atomic E-state index is 0.0117. The van der Waals surface area contributed by atoms with Crippen molar-refractivity contribution < 1.29 is 4.39 Å². The second-order valence-electron chi connectivity index (χ2n) is 1.19. The molecule has 7 heavy (non-hydrogen) atoms. The highest BCUT2D eigenvalue weighted by Gasteiger charge is 2.08. The first-order valence-electron chi connectivity index (χ1n) is 1.85. The molecule has 0 aliphatic carbocycles. The summed E-state index contributed by atoms with van der Waals surface area (Å²) >= 11 is 5.14. The molecular formula is C4H6BrFI. The lowest BCUT2D eigenvalue weighted by molar-refractivity contribution is 0.405. The van der Waals surface area contributed by atoms with Crippen molar-refractivity contribution in [3.05, 3.63) is 6.92 Å². The van der Waals surface area contributed by atoms with Crippen molar-refractivity contribution in [3.8, 4) is 0 Å². The zero-order chi connectivity index (χ0) is 5.86. The Morgan fingerprint density at radius 2 is 2.29 bits per heavy atom. The lowest BCUT2D eigenvalue weighted by atomic mass is 10.3. The van der Waals surface area contributed by atoms with Gasteiger partial charge in [-0.2, -0.15) is 0 Å². The highest BCUT2D eigenvalue weighted by Crippen LogP contribution is 2.11. The molecule has 0 fully saturated rings. The van der Waals surface area contributed by atoms with Crippen LogP contribution in [-0.2, 0) is 0 Å². The number of alkyl halides is 3. The number of rotatable bonds is 2. The van der Waals surface area contributed by atoms with E-state index in [0.717, 1.165) is 0 Å². The fraction of sp³-hybridized carbons (Fsp3) is 0.750. The van der Waals surface area contributed by atoms with Crippen LogP contribution in [-0.4, -0.2) is 15.4 Å². The van der Waals surface area contributed by atoms with Gasteiger partial charge in [-0.15, -0.1) is 0 Å². The van der Waals surface area contributed by atoms with E-state index < -0.39 is 6.17 Å². The van der Waals surface area contributed by atoms with Crippen molar-refractivity contribution in [3.63, 3.8) is 0 Å². The molecule has 0 heterocycles. The average Bonchev–Trinajstić information content (AvgIpc) is 1.65. The maximum absolute atomic E-state index is 11.9. The van der Waals surface area contributed by atoms with E-state index in [-0.39, 0.29) is 3.92 Å². The van der Waals surface area contributed by atoms with Gasteiger partial charge in [-0.3, -0.25) is 0 Å². The van der Waals surface area contributed by atoms with E-state index in [1.54, 1.807) is 0 Å². The maximum atomic E-state index is 11.9. The van der Waals surface area contributed by atoms with E-state index in [2.05, 4.69) is 22.9 Å². The maximum Gasteiger partial charge on any atom is 0.113 e. The summed E-state index contributed by atoms with van der Waals surface area (Å²) in [6.45, 7) is 3.21. The summed E-state index contributed by atoms with van der Waals surface area (Å²) in [5.41, 5.74) is 0. The molecule has 2 unspecified atom stereocenters. The minimum Gasteiger partial charge on any atom is -0.246 e. The lowest BCUT2D eigenvalue weighted by Crippen LogP contribution is -2.11. The van der Waals surface area contributed by atoms with Crippen molar-refractivity contribution >= 4 is 38.5 Å². The first kappa shape index (κ1) is 8.14. The van der Waals surface area contributed by atoms with Crippen LogP contribution in [0, 0.1) is 6.92 Å². The van der Waals surface area contributed by atoms with Gasteiger partial charge in [0.1, 0.15) is 6.17 Å². The Kier molecular flexibility index (Phi) is 4.72. The topological polar surface area (TPSA) is 0 Å². The molecular weight excluding hydrogens is 274 g/mol. The normalized spacial score (nSPS) is 18.9. The Hall–Kier alpha value is 1.14. The van der Waals surface area contributed by atoms with Crippen LogP contribution in [0.2, 0.25) is 0 Å². The van der Waals surface area contributed by atoms with Gasteiger partial charge in [0.25, 0.3) is 0 Å². The van der Waals surface area contributed by atoms with Crippen molar-refractivity contribution in [2.45, 2.75) is 10.1 Å². The van der Waals surface area contributed by atoms with E-state index in [1.165, 1.54) is 0 Å². The van der Waals surface area contributed by atoms with E-state index in [9.17, 15) is 4.39 Å². The van der Waals surface area contributed by atoms with Gasteiger partial charge in [-0.05, 0) is 6.92 Å². The van der Waals surface area contributed by atoms with E-state index >= 15 is 0 Å². The van der Waals surface area contributed by atoms with Gasteiger partial charge in [-0.25, -0.2) is 4.39 Å². The second kappa shape index (κ2) is 4.06. The molecule has 0 N–H and O–H groups in total. The largest absolute Gasteiger partial charge is 0.246 e. The van der Waals surface area contributed by atoms with Crippen molar-refractivity contribution in [1.82, 2.24) is 0 Å². The molecule has 0 aliphatic rings. The van der Waals surface area contributed by atoms with Gasteiger partial charge in [0.15, 0.2) is 0 Å². The molecule has 0 aliphatic heterocycles. The summed E-state index contributed by atoms with van der Waals surface area (Å²) in [6, 6.07) is 0. The Balaban J connectivity index is 3.14. The van der Waals surface area contributed by atoms with E-state index in [0.29, 0.717) is 5.33 Å². The first-order valence-corrected chi connectivity index (χ1v) is 4.22. The van der Waals surface area contributed by atoms with Gasteiger partial charge in [0.2, 0.25) is 0 Å². The Morgan fingerprint density at radius 3 is 2.29 bits per heavy atom. The highest BCUT2D eigenvalue weighted by molar-refractivity contribution is 14.1. The van der Waals surface area contributed by atoms with Crippen LogP contribution in [0.1, 0.15) is 0 Å². The average molecular weight is 280 g/mol. The van der Waals surface area contributed by atoms with E-state index in [1.807, 2.05) is 22.6 Å². The lowest BCUT2D eigenvalue weighted by Gasteiger charge is -2.03. The van der Waals surface area contributed by atoms with Crippen molar-refractivity contribution in [2.75, 3.05) is 5.33 Å². The summed E-state index contributed by atoms with van der Waals surface area (Å²) in [4.78, 5) is 0. The van der Waals surface area contributed by atoms with Crippen molar-refractivity contribution in [1.29, 1.82) is 0 Å². The molecule has 1 radical (unpaired) electrons. The molecule has 0 saturated carbocycles. The Morgan fingerprint density at radius 1 is 1.86 bits per heavy atom. The standard InChI is InChI=1S/C4H6BrFI/c1-3(6)4(7)2-5/h3-4H,1-2H2. The van der Waals surface area contributed by atoms with Gasteiger partial charge >= 0.3 is 0 Å². The zero-order valence-electron chi connectivity index (χ0n) is 3.70. The monoisotopic (exact) mass is 279 g/mol. The van der Waals surface area contributed by atoms with Gasteiger partial charge in [0, 0.05) is 5.33 Å². The number of hydrogen-bond acceptors (Lipinski definition) is 0. The van der Waals surface area contributed by atoms with E-state index in [4.69, 9.17) is 0 Å². The fourth-order valence-corrected chi connectivity index (χ4v) is 0.502. The second-order valence-corrected chi connectivity index (χ2v) is 3.43. The quantitative estimate of drug-likeness (QED) is 0.538. The predicted molar refractivity (Wildman–Crippen MR) is 41.9 cm³/mol. The third kappa shape index (κ3) is 3.70. The van der Waals surface area contributed by atoms with Gasteiger partial charge in [0.05, 0.1) is 3.92 Å². The predicted octanol–water partition coefficient (Wildman–Crippen LogP) is 2.36. The van der Waals surface area contributed by atoms with Crippen LogP contribution in [0.4, 0.5) is 4.39 Å². The van der Waals surface area contributed by atoms with Crippen LogP contribution >= 0.6 is 38.5 Å². The minimum atomic E-state index is -0.944. The molecule has 0 saturated heterocycles. The van der Waals surface area contributed by atoms with Crippen LogP contribution in [0.15, 0.2) is 0 Å². The van der Waals surface area contributed by atoms with Crippen LogP contribution in [0.25, 0.3) is 0 Å². The molecule has 3 heteroatoms. The van der Waals surface area contributed by atoms with Crippen LogP contribution in [0.5, 0.6) is 0 Å². The third-order valence-corrected chi connectivity index (χ3v) is 3.67. The molecule has 0 spiro atoms. The molecule has 43 valence electrons. The number of hydrogen-bond donors (Lipinski definition) is 0. The van der Waals surface area contributed by atoms with Crippen LogP contribution in [0.3, 0.4) is 0 Å². The highest BCUT2D eigenvalue weighted by atomic mass is 127. The summed E-state index contributed by atoms with van der Waals surface area (Å²) in [5.74, 6) is 0. The molecule has 0 aromatic heterocycles. The fourth-order valence-electron chi connectivity index (χ4n) is 0.0967. The molecule has 2 atom stereocenters. The molecule has 0 aromatic rings. The van der Waals surface area contributed by atoms with Crippen molar-refractivity contribution in [2.24, 2.45) is 0 Å². The molecule has 0 bridgehead atoms. The first-order chi connectivity index (χ1) is 3.18. The van der Waals surface area contributed by atoms with Gasteiger partial charge < -0.3 is 0 Å². The summed E-state index contributed by atoms with van der Waals surface area (Å²) in [6.07, 6.45) is -0.944. The van der Waals surface area contributed by atoms with Gasteiger partial charge in [-0.1, -0.05) is 38.5 Å². The summed E-state index contributed by atoms with van der Waals surface area (Å²) in [7, 11) is 0. The Bertz CT molecular complexity index is 49.0. The molecule has 0 amide bonds.